The number of imide groups is 1. The Morgan fingerprint density at radius 1 is 1.06 bits per heavy atom. The lowest BCUT2D eigenvalue weighted by molar-refractivity contribution is -0.134. The molecule has 2 aromatic carbocycles. The highest BCUT2D eigenvalue weighted by atomic mass is 32.2. The average Bonchev–Trinajstić information content (AvgIpc) is 3.39. The molecule has 0 bridgehead atoms. The van der Waals surface area contributed by atoms with E-state index < -0.39 is 29.9 Å². The van der Waals surface area contributed by atoms with E-state index in [9.17, 15) is 14.4 Å². The lowest BCUT2D eigenvalue weighted by atomic mass is 9.99. The second-order valence-corrected chi connectivity index (χ2v) is 8.26. The summed E-state index contributed by atoms with van der Waals surface area (Å²) in [7, 11) is 0. The Hall–Kier alpha value is -3.52. The second kappa shape index (κ2) is 8.69. The molecule has 1 aliphatic heterocycles. The SMILES string of the molecule is C[C@@]1(c2ccco2)NC(=O)N(CC(=O)Nc2ccccc2SCc2ccccc2)C1=O. The first-order chi connectivity index (χ1) is 15.0. The molecule has 1 aliphatic rings. The summed E-state index contributed by atoms with van der Waals surface area (Å²) in [6.45, 7) is 1.16. The zero-order valence-corrected chi connectivity index (χ0v) is 17.6. The number of anilines is 1. The van der Waals surface area contributed by atoms with Crippen LogP contribution in [-0.4, -0.2) is 29.3 Å². The van der Waals surface area contributed by atoms with Crippen LogP contribution in [0.4, 0.5) is 10.5 Å². The van der Waals surface area contributed by atoms with Gasteiger partial charge in [0.15, 0.2) is 5.54 Å². The van der Waals surface area contributed by atoms with Crippen molar-refractivity contribution in [1.29, 1.82) is 0 Å². The average molecular weight is 436 g/mol. The Balaban J connectivity index is 1.42. The Kier molecular flexibility index (Phi) is 5.81. The minimum atomic E-state index is -1.33. The number of hydrogen-bond acceptors (Lipinski definition) is 5. The summed E-state index contributed by atoms with van der Waals surface area (Å²) < 4.78 is 5.30. The number of para-hydroxylation sites is 1. The van der Waals surface area contributed by atoms with E-state index in [1.165, 1.54) is 11.8 Å². The molecule has 0 saturated carbocycles. The first-order valence-corrected chi connectivity index (χ1v) is 10.7. The van der Waals surface area contributed by atoms with E-state index in [2.05, 4.69) is 10.6 Å². The quantitative estimate of drug-likeness (QED) is 0.433. The van der Waals surface area contributed by atoms with Gasteiger partial charge in [-0.3, -0.25) is 14.5 Å². The molecule has 4 rings (SSSR count). The zero-order valence-electron chi connectivity index (χ0n) is 16.8. The van der Waals surface area contributed by atoms with Gasteiger partial charge in [-0.1, -0.05) is 42.5 Å². The van der Waals surface area contributed by atoms with Crippen LogP contribution < -0.4 is 10.6 Å². The predicted octanol–water partition coefficient (Wildman–Crippen LogP) is 3.98. The van der Waals surface area contributed by atoms with Crippen molar-refractivity contribution in [1.82, 2.24) is 10.2 Å². The van der Waals surface area contributed by atoms with Crippen molar-refractivity contribution in [3.63, 3.8) is 0 Å². The van der Waals surface area contributed by atoms with Crippen LogP contribution in [0, 0.1) is 0 Å². The molecule has 3 aromatic rings. The van der Waals surface area contributed by atoms with E-state index in [1.807, 2.05) is 48.5 Å². The fraction of sp³-hybridized carbons (Fsp3) is 0.174. The molecular formula is C23H21N3O4S. The third-order valence-corrected chi connectivity index (χ3v) is 6.13. The number of nitrogens with zero attached hydrogens (tertiary/aromatic N) is 1. The summed E-state index contributed by atoms with van der Waals surface area (Å²) in [4.78, 5) is 39.7. The lowest BCUT2D eigenvalue weighted by Gasteiger charge is -2.19. The van der Waals surface area contributed by atoms with Crippen LogP contribution in [0.3, 0.4) is 0 Å². The summed E-state index contributed by atoms with van der Waals surface area (Å²) >= 11 is 1.60. The van der Waals surface area contributed by atoms with Gasteiger partial charge in [-0.05, 0) is 36.8 Å². The monoisotopic (exact) mass is 435 g/mol. The standard InChI is InChI=1S/C23H21N3O4S/c1-23(19-12-7-13-30-19)21(28)26(22(29)25-23)14-20(27)24-17-10-5-6-11-18(17)31-15-16-8-3-2-4-9-16/h2-13H,14-15H2,1H3,(H,24,27)(H,25,29)/t23-/m0/s1. The molecule has 0 radical (unpaired) electrons. The number of nitrogens with one attached hydrogen (secondary N) is 2. The molecule has 7 nitrogen and oxygen atoms in total. The van der Waals surface area contributed by atoms with Gasteiger partial charge in [-0.2, -0.15) is 0 Å². The Morgan fingerprint density at radius 2 is 1.81 bits per heavy atom. The Bertz CT molecular complexity index is 1100. The molecule has 1 fully saturated rings. The van der Waals surface area contributed by atoms with E-state index in [0.717, 1.165) is 15.5 Å². The van der Waals surface area contributed by atoms with E-state index in [0.29, 0.717) is 11.4 Å². The van der Waals surface area contributed by atoms with Crippen molar-refractivity contribution in [3.8, 4) is 0 Å². The van der Waals surface area contributed by atoms with E-state index in [1.54, 1.807) is 36.9 Å². The van der Waals surface area contributed by atoms with E-state index >= 15 is 0 Å². The normalized spacial score (nSPS) is 18.2. The molecule has 8 heteroatoms. The van der Waals surface area contributed by atoms with Gasteiger partial charge in [0.1, 0.15) is 12.3 Å². The van der Waals surface area contributed by atoms with E-state index in [4.69, 9.17) is 4.42 Å². The topological polar surface area (TPSA) is 91.7 Å². The number of carbonyl (C=O) groups is 3. The largest absolute Gasteiger partial charge is 0.466 e. The fourth-order valence-electron chi connectivity index (χ4n) is 3.34. The molecule has 0 unspecified atom stereocenters. The molecule has 2 N–H and O–H groups in total. The van der Waals surface area contributed by atoms with Crippen LogP contribution >= 0.6 is 11.8 Å². The van der Waals surface area contributed by atoms with Crippen molar-refractivity contribution in [2.45, 2.75) is 23.1 Å². The number of benzene rings is 2. The predicted molar refractivity (Wildman–Crippen MR) is 117 cm³/mol. The minimum absolute atomic E-state index is 0.316. The van der Waals surface area contributed by atoms with Gasteiger partial charge in [-0.15, -0.1) is 11.8 Å². The number of urea groups is 1. The van der Waals surface area contributed by atoms with Crippen molar-refractivity contribution in [2.75, 3.05) is 11.9 Å². The van der Waals surface area contributed by atoms with Crippen molar-refractivity contribution >= 4 is 35.3 Å². The van der Waals surface area contributed by atoms with Crippen LogP contribution in [0.25, 0.3) is 0 Å². The van der Waals surface area contributed by atoms with Crippen LogP contribution in [0.1, 0.15) is 18.2 Å². The molecule has 1 aromatic heterocycles. The maximum Gasteiger partial charge on any atom is 0.325 e. The number of thioether (sulfide) groups is 1. The van der Waals surface area contributed by atoms with Gasteiger partial charge in [0.2, 0.25) is 5.91 Å². The Labute approximate surface area is 183 Å². The zero-order chi connectivity index (χ0) is 21.8. The summed E-state index contributed by atoms with van der Waals surface area (Å²) in [6, 6.07) is 20.1. The third kappa shape index (κ3) is 4.34. The molecule has 31 heavy (non-hydrogen) atoms. The van der Waals surface area contributed by atoms with Crippen LogP contribution in [0.5, 0.6) is 0 Å². The number of hydrogen-bond donors (Lipinski definition) is 2. The van der Waals surface area contributed by atoms with Gasteiger partial charge < -0.3 is 15.1 Å². The highest BCUT2D eigenvalue weighted by Gasteiger charge is 2.51. The number of rotatable bonds is 7. The summed E-state index contributed by atoms with van der Waals surface area (Å²) in [6.07, 6.45) is 1.43. The van der Waals surface area contributed by atoms with Crippen LogP contribution in [-0.2, 0) is 20.9 Å². The number of furan rings is 1. The molecule has 2 heterocycles. The lowest BCUT2D eigenvalue weighted by Crippen LogP contribution is -2.41. The highest BCUT2D eigenvalue weighted by molar-refractivity contribution is 7.98. The summed E-state index contributed by atoms with van der Waals surface area (Å²) in [5.74, 6) is 0.0770. The van der Waals surface area contributed by atoms with Crippen molar-refractivity contribution in [2.24, 2.45) is 0 Å². The summed E-state index contributed by atoms with van der Waals surface area (Å²) in [5, 5.41) is 5.43. The smallest absolute Gasteiger partial charge is 0.325 e. The molecular weight excluding hydrogens is 414 g/mol. The highest BCUT2D eigenvalue weighted by Crippen LogP contribution is 2.31. The van der Waals surface area contributed by atoms with Gasteiger partial charge in [-0.25, -0.2) is 4.79 Å². The first-order valence-electron chi connectivity index (χ1n) is 9.71. The third-order valence-electron chi connectivity index (χ3n) is 4.99. The molecule has 0 spiro atoms. The molecule has 4 amide bonds. The van der Waals surface area contributed by atoms with Crippen molar-refractivity contribution < 1.29 is 18.8 Å². The van der Waals surface area contributed by atoms with Gasteiger partial charge in [0, 0.05) is 10.6 Å². The van der Waals surface area contributed by atoms with Gasteiger partial charge in [0.05, 0.1) is 12.0 Å². The second-order valence-electron chi connectivity index (χ2n) is 7.24. The summed E-state index contributed by atoms with van der Waals surface area (Å²) in [5.41, 5.74) is 0.476. The van der Waals surface area contributed by atoms with Gasteiger partial charge in [0.25, 0.3) is 5.91 Å². The first kappa shape index (κ1) is 20.7. The van der Waals surface area contributed by atoms with E-state index in [-0.39, 0.29) is 0 Å². The Morgan fingerprint density at radius 3 is 2.55 bits per heavy atom. The number of amides is 4. The van der Waals surface area contributed by atoms with Crippen molar-refractivity contribution in [3.05, 3.63) is 84.3 Å². The molecule has 1 saturated heterocycles. The maximum atomic E-state index is 12.8. The maximum absolute atomic E-state index is 12.8. The number of carbonyl (C=O) groups excluding carboxylic acids is 3. The minimum Gasteiger partial charge on any atom is -0.466 e. The molecule has 158 valence electrons. The molecule has 1 atom stereocenters. The van der Waals surface area contributed by atoms with Crippen LogP contribution in [0.15, 0.2) is 82.3 Å². The van der Waals surface area contributed by atoms with Crippen LogP contribution in [0.2, 0.25) is 0 Å². The molecule has 0 aliphatic carbocycles. The fourth-order valence-corrected chi connectivity index (χ4v) is 4.30. The van der Waals surface area contributed by atoms with Gasteiger partial charge >= 0.3 is 6.03 Å².